The maximum Gasteiger partial charge on any atom is 0.242 e. The predicted molar refractivity (Wildman–Crippen MR) is 119 cm³/mol. The molecule has 1 saturated heterocycles. The van der Waals surface area contributed by atoms with E-state index in [-0.39, 0.29) is 30.7 Å². The topological polar surface area (TPSA) is 75.4 Å². The molecule has 2 fully saturated rings. The number of fused-ring (bicyclic) bond motifs is 1. The SMILES string of the molecule is Cl.Cl.NC1(C(=O)N2CCN(c3nc(-c4ccccc4)nc4c3CCC4)CC2)CC1. The zero-order chi connectivity index (χ0) is 18.4. The maximum atomic E-state index is 12.5. The van der Waals surface area contributed by atoms with E-state index in [1.165, 1.54) is 11.3 Å². The van der Waals surface area contributed by atoms with Crippen molar-refractivity contribution in [3.63, 3.8) is 0 Å². The molecule has 0 radical (unpaired) electrons. The summed E-state index contributed by atoms with van der Waals surface area (Å²) >= 11 is 0. The highest BCUT2D eigenvalue weighted by atomic mass is 35.5. The number of benzene rings is 1. The molecule has 0 bridgehead atoms. The van der Waals surface area contributed by atoms with Crippen LogP contribution in [-0.2, 0) is 17.6 Å². The fourth-order valence-corrected chi connectivity index (χ4v) is 4.18. The zero-order valence-corrected chi connectivity index (χ0v) is 18.0. The fraction of sp³-hybridized carbons (Fsp3) is 0.476. The molecule has 2 heterocycles. The summed E-state index contributed by atoms with van der Waals surface area (Å²) in [5.74, 6) is 2.00. The summed E-state index contributed by atoms with van der Waals surface area (Å²) in [6.07, 6.45) is 4.87. The average Bonchev–Trinajstić information content (AvgIpc) is 3.29. The number of carbonyl (C=O) groups excluding carboxylic acids is 1. The monoisotopic (exact) mass is 435 g/mol. The number of hydrogen-bond acceptors (Lipinski definition) is 5. The van der Waals surface area contributed by atoms with Gasteiger partial charge >= 0.3 is 0 Å². The normalized spacial score (nSPS) is 19.1. The quantitative estimate of drug-likeness (QED) is 0.801. The van der Waals surface area contributed by atoms with E-state index >= 15 is 0 Å². The second-order valence-corrected chi connectivity index (χ2v) is 7.95. The minimum absolute atomic E-state index is 0. The van der Waals surface area contributed by atoms with Crippen LogP contribution in [0, 0.1) is 0 Å². The largest absolute Gasteiger partial charge is 0.353 e. The van der Waals surface area contributed by atoms with Gasteiger partial charge in [-0.05, 0) is 32.1 Å². The number of carbonyl (C=O) groups is 1. The van der Waals surface area contributed by atoms with Gasteiger partial charge in [0, 0.05) is 43.0 Å². The second kappa shape index (κ2) is 8.46. The Morgan fingerprint density at radius 1 is 0.966 bits per heavy atom. The van der Waals surface area contributed by atoms with E-state index in [1.54, 1.807) is 0 Å². The number of nitrogens with two attached hydrogens (primary N) is 1. The number of aryl methyl sites for hydroxylation is 1. The summed E-state index contributed by atoms with van der Waals surface area (Å²) in [4.78, 5) is 26.6. The van der Waals surface area contributed by atoms with Gasteiger partial charge < -0.3 is 15.5 Å². The van der Waals surface area contributed by atoms with E-state index in [1.807, 2.05) is 23.1 Å². The Morgan fingerprint density at radius 3 is 2.31 bits per heavy atom. The molecule has 2 aromatic rings. The molecule has 1 aliphatic heterocycles. The number of aromatic nitrogens is 2. The van der Waals surface area contributed by atoms with E-state index in [4.69, 9.17) is 15.7 Å². The van der Waals surface area contributed by atoms with Crippen LogP contribution in [0.5, 0.6) is 0 Å². The Morgan fingerprint density at radius 2 is 1.66 bits per heavy atom. The third-order valence-electron chi connectivity index (χ3n) is 6.02. The Balaban J connectivity index is 0.00000120. The van der Waals surface area contributed by atoms with Gasteiger partial charge in [-0.3, -0.25) is 4.79 Å². The van der Waals surface area contributed by atoms with Crippen molar-refractivity contribution in [1.29, 1.82) is 0 Å². The zero-order valence-electron chi connectivity index (χ0n) is 16.3. The van der Waals surface area contributed by atoms with Gasteiger partial charge in [-0.2, -0.15) is 0 Å². The van der Waals surface area contributed by atoms with Crippen LogP contribution in [-0.4, -0.2) is 52.5 Å². The van der Waals surface area contributed by atoms with E-state index < -0.39 is 5.54 Å². The molecule has 1 amide bonds. The van der Waals surface area contributed by atoms with Crippen molar-refractivity contribution in [3.8, 4) is 11.4 Å². The van der Waals surface area contributed by atoms with Crippen LogP contribution in [0.2, 0.25) is 0 Å². The number of hydrogen-bond donors (Lipinski definition) is 1. The Bertz CT molecular complexity index is 880. The van der Waals surface area contributed by atoms with E-state index in [0.29, 0.717) is 0 Å². The number of amides is 1. The van der Waals surface area contributed by atoms with Crippen LogP contribution in [0.1, 0.15) is 30.5 Å². The lowest BCUT2D eigenvalue weighted by Gasteiger charge is -2.37. The second-order valence-electron chi connectivity index (χ2n) is 7.95. The van der Waals surface area contributed by atoms with Gasteiger partial charge in [0.15, 0.2) is 5.82 Å². The van der Waals surface area contributed by atoms with Gasteiger partial charge in [0.2, 0.25) is 5.91 Å². The van der Waals surface area contributed by atoms with Crippen molar-refractivity contribution in [2.24, 2.45) is 5.73 Å². The lowest BCUT2D eigenvalue weighted by molar-refractivity contribution is -0.133. The molecule has 1 saturated carbocycles. The summed E-state index contributed by atoms with van der Waals surface area (Å²) in [7, 11) is 0. The minimum Gasteiger partial charge on any atom is -0.353 e. The summed E-state index contributed by atoms with van der Waals surface area (Å²) in [6, 6.07) is 10.2. The van der Waals surface area contributed by atoms with E-state index in [2.05, 4.69) is 17.0 Å². The molecule has 156 valence electrons. The van der Waals surface area contributed by atoms with E-state index in [9.17, 15) is 4.79 Å². The number of rotatable bonds is 3. The van der Waals surface area contributed by atoms with Crippen LogP contribution >= 0.6 is 24.8 Å². The fourth-order valence-electron chi connectivity index (χ4n) is 4.18. The number of anilines is 1. The van der Waals surface area contributed by atoms with Gasteiger partial charge in [-0.25, -0.2) is 9.97 Å². The van der Waals surface area contributed by atoms with Crippen molar-refractivity contribution in [2.45, 2.75) is 37.6 Å². The molecule has 1 aromatic heterocycles. The van der Waals surface area contributed by atoms with Gasteiger partial charge in [0.1, 0.15) is 5.82 Å². The van der Waals surface area contributed by atoms with Crippen molar-refractivity contribution >= 4 is 36.5 Å². The predicted octanol–water partition coefficient (Wildman–Crippen LogP) is 2.62. The molecule has 29 heavy (non-hydrogen) atoms. The molecular weight excluding hydrogens is 409 g/mol. The Hall–Kier alpha value is -1.89. The lowest BCUT2D eigenvalue weighted by Crippen LogP contribution is -2.54. The summed E-state index contributed by atoms with van der Waals surface area (Å²) in [6.45, 7) is 3.05. The van der Waals surface area contributed by atoms with Gasteiger partial charge in [0.05, 0.1) is 5.54 Å². The summed E-state index contributed by atoms with van der Waals surface area (Å²) in [5, 5.41) is 0. The maximum absolute atomic E-state index is 12.5. The Kier molecular flexibility index (Phi) is 6.36. The highest BCUT2D eigenvalue weighted by molar-refractivity contribution is 5.89. The van der Waals surface area contributed by atoms with Crippen LogP contribution in [0.3, 0.4) is 0 Å². The Labute approximate surface area is 183 Å². The average molecular weight is 436 g/mol. The molecule has 2 N–H and O–H groups in total. The molecule has 8 heteroatoms. The standard InChI is InChI=1S/C21H25N5O.2ClH/c22-21(9-10-21)20(27)26-13-11-25(12-14-26)19-16-7-4-8-17(16)23-18(24-19)15-5-2-1-3-6-15;;/h1-3,5-6H,4,7-14,22H2;2*1H. The first kappa shape index (κ1) is 21.8. The number of nitrogens with zero attached hydrogens (tertiary/aromatic N) is 4. The van der Waals surface area contributed by atoms with Gasteiger partial charge in [-0.1, -0.05) is 30.3 Å². The smallest absolute Gasteiger partial charge is 0.242 e. The molecule has 1 aromatic carbocycles. The molecular formula is C21H27Cl2N5O. The first-order chi connectivity index (χ1) is 13.1. The lowest BCUT2D eigenvalue weighted by atomic mass is 10.1. The highest BCUT2D eigenvalue weighted by Crippen LogP contribution is 2.35. The van der Waals surface area contributed by atoms with Crippen molar-refractivity contribution in [3.05, 3.63) is 41.6 Å². The van der Waals surface area contributed by atoms with Gasteiger partial charge in [0.25, 0.3) is 0 Å². The number of halogens is 2. The molecule has 0 atom stereocenters. The molecule has 5 rings (SSSR count). The summed E-state index contributed by atoms with van der Waals surface area (Å²) < 4.78 is 0. The third kappa shape index (κ3) is 4.06. The molecule has 2 aliphatic carbocycles. The third-order valence-corrected chi connectivity index (χ3v) is 6.02. The van der Waals surface area contributed by atoms with Crippen molar-refractivity contribution in [1.82, 2.24) is 14.9 Å². The van der Waals surface area contributed by atoms with Crippen LogP contribution in [0.15, 0.2) is 30.3 Å². The molecule has 6 nitrogen and oxygen atoms in total. The first-order valence-corrected chi connectivity index (χ1v) is 9.92. The molecule has 0 spiro atoms. The first-order valence-electron chi connectivity index (χ1n) is 9.92. The molecule has 0 unspecified atom stereocenters. The summed E-state index contributed by atoms with van der Waals surface area (Å²) in [5.41, 5.74) is 9.07. The number of piperazine rings is 1. The van der Waals surface area contributed by atoms with Crippen LogP contribution in [0.4, 0.5) is 5.82 Å². The highest BCUT2D eigenvalue weighted by Gasteiger charge is 2.48. The van der Waals surface area contributed by atoms with Crippen LogP contribution < -0.4 is 10.6 Å². The molecule has 3 aliphatic rings. The van der Waals surface area contributed by atoms with Crippen molar-refractivity contribution < 1.29 is 4.79 Å². The van der Waals surface area contributed by atoms with E-state index in [0.717, 1.165) is 75.5 Å². The minimum atomic E-state index is -0.571. The van der Waals surface area contributed by atoms with Crippen LogP contribution in [0.25, 0.3) is 11.4 Å². The van der Waals surface area contributed by atoms with Crippen molar-refractivity contribution in [2.75, 3.05) is 31.1 Å². The van der Waals surface area contributed by atoms with Gasteiger partial charge in [-0.15, -0.1) is 24.8 Å².